The normalized spacial score (nSPS) is 12.1. The summed E-state index contributed by atoms with van der Waals surface area (Å²) in [6.45, 7) is 3.42. The summed E-state index contributed by atoms with van der Waals surface area (Å²) in [5, 5.41) is 3.64. The van der Waals surface area contributed by atoms with Crippen LogP contribution in [0.5, 0.6) is 5.75 Å². The number of rotatable bonds is 3. The topological polar surface area (TPSA) is 85.4 Å². The van der Waals surface area contributed by atoms with Gasteiger partial charge in [-0.05, 0) is 37.1 Å². The summed E-state index contributed by atoms with van der Waals surface area (Å²) in [5.74, 6) is 0.417. The summed E-state index contributed by atoms with van der Waals surface area (Å²) < 4.78 is 53.4. The Morgan fingerprint density at radius 3 is 2.48 bits per heavy atom. The van der Waals surface area contributed by atoms with Gasteiger partial charge in [0.25, 0.3) is 5.56 Å². The summed E-state index contributed by atoms with van der Waals surface area (Å²) in [4.78, 5) is 20.6. The Morgan fingerprint density at radius 1 is 1.09 bits per heavy atom. The summed E-state index contributed by atoms with van der Waals surface area (Å²) in [6, 6.07) is 11.5. The number of methoxy groups -OCH3 is 1. The molecule has 2 aromatic carbocycles. The first-order chi connectivity index (χ1) is 15.7. The number of hydrogen-bond acceptors (Lipinski definition) is 5. The molecule has 0 aliphatic carbocycles. The summed E-state index contributed by atoms with van der Waals surface area (Å²) in [7, 11) is 1.49. The zero-order valence-electron chi connectivity index (χ0n) is 17.7. The Bertz CT molecular complexity index is 1580. The van der Waals surface area contributed by atoms with Crippen molar-refractivity contribution in [2.24, 2.45) is 0 Å². The molecule has 5 aromatic rings. The maximum Gasteiger partial charge on any atom is 0.435 e. The third kappa shape index (κ3) is 3.25. The van der Waals surface area contributed by atoms with E-state index in [-0.39, 0.29) is 28.2 Å². The van der Waals surface area contributed by atoms with Gasteiger partial charge in [0, 0.05) is 5.69 Å². The summed E-state index contributed by atoms with van der Waals surface area (Å²) in [6.07, 6.45) is -4.77. The SMILES string of the molecule is COc1cc(C)cc2oc(-c3c(C)[nH]c4c(-c5ccccc5)c(C(F)(F)F)nn4c3=O)nc12. The van der Waals surface area contributed by atoms with Gasteiger partial charge in [-0.15, -0.1) is 0 Å². The second-order valence-electron chi connectivity index (χ2n) is 7.61. The minimum atomic E-state index is -4.77. The lowest BCUT2D eigenvalue weighted by Crippen LogP contribution is -2.19. The Labute approximate surface area is 184 Å². The molecular formula is C23H17F3N4O3. The molecule has 0 atom stereocenters. The number of alkyl halides is 3. The monoisotopic (exact) mass is 454 g/mol. The molecule has 168 valence electrons. The number of halogens is 3. The van der Waals surface area contributed by atoms with Crippen LogP contribution in [0, 0.1) is 13.8 Å². The van der Waals surface area contributed by atoms with Crippen LogP contribution in [0.25, 0.3) is 39.3 Å². The minimum Gasteiger partial charge on any atom is -0.494 e. The highest BCUT2D eigenvalue weighted by molar-refractivity contribution is 5.84. The van der Waals surface area contributed by atoms with Crippen molar-refractivity contribution < 1.29 is 22.3 Å². The summed E-state index contributed by atoms with van der Waals surface area (Å²) >= 11 is 0. The van der Waals surface area contributed by atoms with Gasteiger partial charge in [0.2, 0.25) is 5.89 Å². The van der Waals surface area contributed by atoms with Crippen LogP contribution in [-0.2, 0) is 6.18 Å². The van der Waals surface area contributed by atoms with E-state index in [1.54, 1.807) is 37.3 Å². The average Bonchev–Trinajstić information content (AvgIpc) is 3.35. The Hall–Kier alpha value is -4.08. The zero-order chi connectivity index (χ0) is 23.5. The molecule has 0 aliphatic heterocycles. The standard InChI is InChI=1S/C23H17F3N4O3/c1-11-9-14(32-3)18-15(10-11)33-21(28-18)16-12(2)27-20-17(13-7-5-4-6-8-13)19(23(24,25)26)29-30(20)22(16)31/h4-10,27H,1-3H3. The van der Waals surface area contributed by atoms with Crippen LogP contribution < -0.4 is 10.3 Å². The predicted octanol–water partition coefficient (Wildman–Crippen LogP) is 5.14. The zero-order valence-corrected chi connectivity index (χ0v) is 17.7. The number of oxazole rings is 1. The van der Waals surface area contributed by atoms with E-state index in [0.717, 1.165) is 5.56 Å². The van der Waals surface area contributed by atoms with Crippen molar-refractivity contribution in [2.45, 2.75) is 20.0 Å². The van der Waals surface area contributed by atoms with Gasteiger partial charge in [0.15, 0.2) is 16.8 Å². The number of fused-ring (bicyclic) bond motifs is 2. The Balaban J connectivity index is 1.82. The second-order valence-corrected chi connectivity index (χ2v) is 7.61. The van der Waals surface area contributed by atoms with E-state index in [4.69, 9.17) is 9.15 Å². The van der Waals surface area contributed by atoms with Crippen LogP contribution in [-0.4, -0.2) is 26.7 Å². The third-order valence-electron chi connectivity index (χ3n) is 5.34. The Morgan fingerprint density at radius 2 is 1.82 bits per heavy atom. The van der Waals surface area contributed by atoms with E-state index in [1.807, 2.05) is 6.92 Å². The molecule has 1 N–H and O–H groups in total. The fourth-order valence-corrected chi connectivity index (χ4v) is 3.91. The highest BCUT2D eigenvalue weighted by Gasteiger charge is 2.39. The number of nitrogens with one attached hydrogen (secondary N) is 1. The van der Waals surface area contributed by atoms with Crippen molar-refractivity contribution in [3.05, 3.63) is 69.8 Å². The van der Waals surface area contributed by atoms with Gasteiger partial charge >= 0.3 is 6.18 Å². The van der Waals surface area contributed by atoms with Gasteiger partial charge in [0.1, 0.15) is 17.0 Å². The first-order valence-electron chi connectivity index (χ1n) is 9.93. The highest BCUT2D eigenvalue weighted by Crippen LogP contribution is 2.38. The molecule has 3 aromatic heterocycles. The molecule has 33 heavy (non-hydrogen) atoms. The molecule has 0 unspecified atom stereocenters. The van der Waals surface area contributed by atoms with Crippen LogP contribution in [0.4, 0.5) is 13.2 Å². The maximum atomic E-state index is 13.9. The van der Waals surface area contributed by atoms with E-state index in [0.29, 0.717) is 27.1 Å². The van der Waals surface area contributed by atoms with Gasteiger partial charge in [-0.3, -0.25) is 4.79 Å². The third-order valence-corrected chi connectivity index (χ3v) is 5.34. The number of benzene rings is 2. The minimum absolute atomic E-state index is 0.0192. The highest BCUT2D eigenvalue weighted by atomic mass is 19.4. The van der Waals surface area contributed by atoms with Gasteiger partial charge in [-0.2, -0.15) is 22.8 Å². The number of aromatic amines is 1. The average molecular weight is 454 g/mol. The van der Waals surface area contributed by atoms with Crippen molar-refractivity contribution in [3.8, 4) is 28.3 Å². The smallest absolute Gasteiger partial charge is 0.435 e. The van der Waals surface area contributed by atoms with Crippen molar-refractivity contribution in [1.82, 2.24) is 19.6 Å². The van der Waals surface area contributed by atoms with Crippen LogP contribution >= 0.6 is 0 Å². The number of nitrogens with zero attached hydrogens (tertiary/aromatic N) is 3. The molecule has 0 radical (unpaired) electrons. The lowest BCUT2D eigenvalue weighted by atomic mass is 10.1. The number of aryl methyl sites for hydroxylation is 2. The number of H-pyrrole nitrogens is 1. The van der Waals surface area contributed by atoms with E-state index in [1.165, 1.54) is 19.2 Å². The molecule has 7 nitrogen and oxygen atoms in total. The molecular weight excluding hydrogens is 437 g/mol. The van der Waals surface area contributed by atoms with E-state index in [2.05, 4.69) is 15.1 Å². The molecule has 0 bridgehead atoms. The first-order valence-corrected chi connectivity index (χ1v) is 9.93. The predicted molar refractivity (Wildman–Crippen MR) is 115 cm³/mol. The van der Waals surface area contributed by atoms with Crippen molar-refractivity contribution in [1.29, 1.82) is 0 Å². The Kier molecular flexibility index (Phi) is 4.55. The van der Waals surface area contributed by atoms with Gasteiger partial charge < -0.3 is 14.1 Å². The number of aromatic nitrogens is 4. The van der Waals surface area contributed by atoms with E-state index >= 15 is 0 Å². The van der Waals surface area contributed by atoms with Crippen LogP contribution in [0.15, 0.2) is 51.7 Å². The van der Waals surface area contributed by atoms with Gasteiger partial charge in [0.05, 0.1) is 12.7 Å². The van der Waals surface area contributed by atoms with Crippen molar-refractivity contribution >= 4 is 16.7 Å². The fraction of sp³-hybridized carbons (Fsp3) is 0.174. The number of hydrogen-bond donors (Lipinski definition) is 1. The molecule has 0 fully saturated rings. The molecule has 0 saturated carbocycles. The lowest BCUT2D eigenvalue weighted by molar-refractivity contribution is -0.140. The van der Waals surface area contributed by atoms with Crippen molar-refractivity contribution in [2.75, 3.05) is 7.11 Å². The number of ether oxygens (including phenoxy) is 1. The first kappa shape index (κ1) is 20.8. The van der Waals surface area contributed by atoms with Crippen LogP contribution in [0.1, 0.15) is 17.0 Å². The van der Waals surface area contributed by atoms with Gasteiger partial charge in [-0.1, -0.05) is 30.3 Å². The van der Waals surface area contributed by atoms with Gasteiger partial charge in [-0.25, -0.2) is 4.98 Å². The molecule has 0 saturated heterocycles. The molecule has 10 heteroatoms. The fourth-order valence-electron chi connectivity index (χ4n) is 3.91. The molecule has 3 heterocycles. The van der Waals surface area contributed by atoms with E-state index < -0.39 is 17.4 Å². The maximum absolute atomic E-state index is 13.9. The van der Waals surface area contributed by atoms with Crippen LogP contribution in [0.2, 0.25) is 0 Å². The summed E-state index contributed by atoms with van der Waals surface area (Å²) in [5.41, 5.74) is -0.00346. The van der Waals surface area contributed by atoms with E-state index in [9.17, 15) is 18.0 Å². The molecule has 0 aliphatic rings. The van der Waals surface area contributed by atoms with Crippen molar-refractivity contribution in [3.63, 3.8) is 0 Å². The van der Waals surface area contributed by atoms with Crippen LogP contribution in [0.3, 0.4) is 0 Å². The second kappa shape index (κ2) is 7.22. The lowest BCUT2D eigenvalue weighted by Gasteiger charge is -2.07. The molecule has 5 rings (SSSR count). The molecule has 0 amide bonds. The largest absolute Gasteiger partial charge is 0.494 e. The molecule has 0 spiro atoms. The quantitative estimate of drug-likeness (QED) is 0.408.